The second kappa shape index (κ2) is 5.76. The first-order valence-corrected chi connectivity index (χ1v) is 6.70. The number of fused-ring (bicyclic) bond motifs is 1. The zero-order chi connectivity index (χ0) is 15.8. The molecule has 0 unspecified atom stereocenters. The molecule has 0 radical (unpaired) electrons. The highest BCUT2D eigenvalue weighted by Crippen LogP contribution is 2.22. The third-order valence-corrected chi connectivity index (χ3v) is 3.34. The monoisotopic (exact) mass is 321 g/mol. The fourth-order valence-corrected chi connectivity index (χ4v) is 2.16. The Balaban J connectivity index is 2.30. The van der Waals surface area contributed by atoms with Crippen LogP contribution in [-0.2, 0) is 13.6 Å². The fourth-order valence-electron chi connectivity index (χ4n) is 1.93. The van der Waals surface area contributed by atoms with Gasteiger partial charge in [0.05, 0.1) is 24.7 Å². The predicted octanol–water partition coefficient (Wildman–Crippen LogP) is 2.79. The maximum Gasteiger partial charge on any atom is 0.401 e. The molecule has 5 nitrogen and oxygen atoms in total. The fraction of sp³-hybridized carbons (Fsp3) is 0.583. The first kappa shape index (κ1) is 16.0. The topological polar surface area (TPSA) is 46.8 Å². The van der Waals surface area contributed by atoms with Gasteiger partial charge in [0.2, 0.25) is 0 Å². The highest BCUT2D eigenvalue weighted by atomic mass is 35.5. The maximum atomic E-state index is 12.6. The van der Waals surface area contributed by atoms with Crippen molar-refractivity contribution in [3.05, 3.63) is 17.2 Å². The van der Waals surface area contributed by atoms with Crippen LogP contribution in [0.4, 0.5) is 13.2 Å². The summed E-state index contributed by atoms with van der Waals surface area (Å²) in [5.41, 5.74) is 0.501. The standard InChI is InChI=1S/C12H15ClF3N5/c1-7(2)21(6-12(14,15)16)5-9-18-10(13)8-4-17-20(3)11(8)19-9/h4,7H,5-6H2,1-3H3. The number of rotatable bonds is 4. The largest absolute Gasteiger partial charge is 0.401 e. The highest BCUT2D eigenvalue weighted by Gasteiger charge is 2.32. The first-order valence-electron chi connectivity index (χ1n) is 6.32. The number of aryl methyl sites for hydroxylation is 1. The minimum Gasteiger partial charge on any atom is -0.285 e. The molecule has 2 aromatic rings. The Morgan fingerprint density at radius 1 is 1.33 bits per heavy atom. The van der Waals surface area contributed by atoms with E-state index in [2.05, 4.69) is 15.1 Å². The Morgan fingerprint density at radius 2 is 2.00 bits per heavy atom. The van der Waals surface area contributed by atoms with E-state index in [0.717, 1.165) is 0 Å². The quantitative estimate of drug-likeness (QED) is 0.812. The summed E-state index contributed by atoms with van der Waals surface area (Å²) in [4.78, 5) is 9.55. The van der Waals surface area contributed by atoms with Crippen molar-refractivity contribution in [2.24, 2.45) is 7.05 Å². The average Bonchev–Trinajstić information content (AvgIpc) is 2.69. The summed E-state index contributed by atoms with van der Waals surface area (Å²) in [5.74, 6) is 0.244. The molecule has 116 valence electrons. The van der Waals surface area contributed by atoms with E-state index in [0.29, 0.717) is 11.0 Å². The lowest BCUT2D eigenvalue weighted by Crippen LogP contribution is -2.39. The lowest BCUT2D eigenvalue weighted by Gasteiger charge is -2.26. The summed E-state index contributed by atoms with van der Waals surface area (Å²) in [7, 11) is 1.69. The molecule has 0 saturated carbocycles. The molecule has 9 heteroatoms. The van der Waals surface area contributed by atoms with E-state index < -0.39 is 12.7 Å². The van der Waals surface area contributed by atoms with Gasteiger partial charge in [-0.1, -0.05) is 11.6 Å². The lowest BCUT2D eigenvalue weighted by molar-refractivity contribution is -0.151. The van der Waals surface area contributed by atoms with Gasteiger partial charge in [-0.2, -0.15) is 18.3 Å². The zero-order valence-electron chi connectivity index (χ0n) is 11.8. The summed E-state index contributed by atoms with van der Waals surface area (Å²) in [6, 6.07) is -0.295. The van der Waals surface area contributed by atoms with Crippen LogP contribution in [0.25, 0.3) is 11.0 Å². The van der Waals surface area contributed by atoms with Crippen LogP contribution in [0.1, 0.15) is 19.7 Å². The van der Waals surface area contributed by atoms with E-state index in [1.807, 2.05) is 0 Å². The van der Waals surface area contributed by atoms with E-state index in [1.54, 1.807) is 20.9 Å². The molecule has 2 aromatic heterocycles. The van der Waals surface area contributed by atoms with Gasteiger partial charge in [-0.05, 0) is 13.8 Å². The molecule has 0 aliphatic rings. The van der Waals surface area contributed by atoms with Gasteiger partial charge in [0.25, 0.3) is 0 Å². The summed E-state index contributed by atoms with van der Waals surface area (Å²) in [6.07, 6.45) is -2.75. The van der Waals surface area contributed by atoms with Crippen LogP contribution < -0.4 is 0 Å². The zero-order valence-corrected chi connectivity index (χ0v) is 12.6. The van der Waals surface area contributed by atoms with Gasteiger partial charge < -0.3 is 0 Å². The predicted molar refractivity (Wildman–Crippen MR) is 72.9 cm³/mol. The van der Waals surface area contributed by atoms with E-state index in [4.69, 9.17) is 11.6 Å². The number of aromatic nitrogens is 4. The minimum absolute atomic E-state index is 0.0297. The SMILES string of the molecule is CC(C)N(Cc1nc(Cl)c2cnn(C)c2n1)CC(F)(F)F. The van der Waals surface area contributed by atoms with Crippen LogP contribution in [0.2, 0.25) is 5.15 Å². The molecule has 0 bridgehead atoms. The Morgan fingerprint density at radius 3 is 2.57 bits per heavy atom. The van der Waals surface area contributed by atoms with Gasteiger partial charge in [0.1, 0.15) is 11.0 Å². The molecule has 0 N–H and O–H groups in total. The first-order chi connectivity index (χ1) is 9.67. The molecule has 2 heterocycles. The normalized spacial score (nSPS) is 12.8. The second-order valence-electron chi connectivity index (χ2n) is 5.05. The van der Waals surface area contributed by atoms with Crippen molar-refractivity contribution in [1.82, 2.24) is 24.6 Å². The van der Waals surface area contributed by atoms with Gasteiger partial charge in [0.15, 0.2) is 5.65 Å². The molecule has 0 fully saturated rings. The lowest BCUT2D eigenvalue weighted by atomic mass is 10.3. The molecule has 0 amide bonds. The van der Waals surface area contributed by atoms with Crippen LogP contribution in [0.15, 0.2) is 6.20 Å². The number of nitrogens with zero attached hydrogens (tertiary/aromatic N) is 5. The average molecular weight is 322 g/mol. The Kier molecular flexibility index (Phi) is 4.38. The molecule has 0 aliphatic heterocycles. The third-order valence-electron chi connectivity index (χ3n) is 3.05. The van der Waals surface area contributed by atoms with Crippen LogP contribution >= 0.6 is 11.6 Å². The number of hydrogen-bond acceptors (Lipinski definition) is 4. The molecule has 0 saturated heterocycles. The minimum atomic E-state index is -4.27. The summed E-state index contributed by atoms with van der Waals surface area (Å²) in [5, 5.41) is 4.78. The Labute approximate surface area is 124 Å². The van der Waals surface area contributed by atoms with E-state index in [-0.39, 0.29) is 23.6 Å². The number of halogens is 4. The molecular formula is C12H15ClF3N5. The molecule has 0 spiro atoms. The Bertz CT molecular complexity index is 638. The summed E-state index contributed by atoms with van der Waals surface area (Å²) < 4.78 is 39.3. The van der Waals surface area contributed by atoms with E-state index >= 15 is 0 Å². The van der Waals surface area contributed by atoms with Crippen LogP contribution in [0.5, 0.6) is 0 Å². The third kappa shape index (κ3) is 3.82. The van der Waals surface area contributed by atoms with Gasteiger partial charge in [-0.3, -0.25) is 9.58 Å². The Hall–Kier alpha value is -1.41. The van der Waals surface area contributed by atoms with Crippen molar-refractivity contribution in [3.8, 4) is 0 Å². The number of alkyl halides is 3. The van der Waals surface area contributed by atoms with Crippen LogP contribution in [0, 0.1) is 0 Å². The highest BCUT2D eigenvalue weighted by molar-refractivity contribution is 6.33. The van der Waals surface area contributed by atoms with E-state index in [1.165, 1.54) is 15.8 Å². The summed E-state index contributed by atoms with van der Waals surface area (Å²) >= 11 is 6.03. The van der Waals surface area contributed by atoms with Crippen molar-refractivity contribution in [1.29, 1.82) is 0 Å². The van der Waals surface area contributed by atoms with Crippen molar-refractivity contribution in [2.75, 3.05) is 6.54 Å². The number of hydrogen-bond donors (Lipinski definition) is 0. The molecule has 0 atom stereocenters. The van der Waals surface area contributed by atoms with Gasteiger partial charge in [-0.25, -0.2) is 9.97 Å². The van der Waals surface area contributed by atoms with Crippen LogP contribution in [-0.4, -0.2) is 43.4 Å². The molecule has 0 aliphatic carbocycles. The van der Waals surface area contributed by atoms with E-state index in [9.17, 15) is 13.2 Å². The van der Waals surface area contributed by atoms with Gasteiger partial charge in [0, 0.05) is 13.1 Å². The van der Waals surface area contributed by atoms with Crippen molar-refractivity contribution in [2.45, 2.75) is 32.6 Å². The molecule has 0 aromatic carbocycles. The summed E-state index contributed by atoms with van der Waals surface area (Å²) in [6.45, 7) is 2.33. The van der Waals surface area contributed by atoms with Crippen molar-refractivity contribution < 1.29 is 13.2 Å². The van der Waals surface area contributed by atoms with Crippen molar-refractivity contribution in [3.63, 3.8) is 0 Å². The van der Waals surface area contributed by atoms with Gasteiger partial charge >= 0.3 is 6.18 Å². The van der Waals surface area contributed by atoms with Gasteiger partial charge in [-0.15, -0.1) is 0 Å². The maximum absolute atomic E-state index is 12.6. The second-order valence-corrected chi connectivity index (χ2v) is 5.41. The van der Waals surface area contributed by atoms with Crippen molar-refractivity contribution >= 4 is 22.6 Å². The molecular weight excluding hydrogens is 307 g/mol. The smallest absolute Gasteiger partial charge is 0.285 e. The molecule has 2 rings (SSSR count). The molecule has 21 heavy (non-hydrogen) atoms. The van der Waals surface area contributed by atoms with Crippen LogP contribution in [0.3, 0.4) is 0 Å².